The van der Waals surface area contributed by atoms with Gasteiger partial charge in [0.05, 0.1) is 26.6 Å². The van der Waals surface area contributed by atoms with Crippen molar-refractivity contribution in [1.82, 2.24) is 15.5 Å². The summed E-state index contributed by atoms with van der Waals surface area (Å²) in [6.45, 7) is 1.55. The van der Waals surface area contributed by atoms with Crippen molar-refractivity contribution in [3.8, 4) is 0 Å². The van der Waals surface area contributed by atoms with Gasteiger partial charge in [0, 0.05) is 18.0 Å². The molecule has 22 heavy (non-hydrogen) atoms. The Morgan fingerprint density at radius 1 is 1.55 bits per heavy atom. The summed E-state index contributed by atoms with van der Waals surface area (Å²) in [4.78, 5) is 38.1. The van der Waals surface area contributed by atoms with E-state index >= 15 is 0 Å². The van der Waals surface area contributed by atoms with Crippen molar-refractivity contribution in [2.24, 2.45) is 0 Å². The summed E-state index contributed by atoms with van der Waals surface area (Å²) in [7, 11) is 1.28. The zero-order valence-electron chi connectivity index (χ0n) is 12.3. The molecule has 1 fully saturated rings. The van der Waals surface area contributed by atoms with E-state index in [0.717, 1.165) is 4.88 Å². The van der Waals surface area contributed by atoms with Crippen LogP contribution in [0.15, 0.2) is 17.5 Å². The highest BCUT2D eigenvalue weighted by Crippen LogP contribution is 2.10. The number of nitrogens with zero attached hydrogens (tertiary/aromatic N) is 1. The largest absolute Gasteiger partial charge is 0.469 e. The predicted octanol–water partition coefficient (Wildman–Crippen LogP) is -0.272. The number of amides is 2. The molecule has 0 aliphatic carbocycles. The maximum Gasteiger partial charge on any atom is 0.307 e. The standard InChI is InChI=1S/C14H19N3O4S/c1-21-13(19)7-11-14(20)15-4-5-17(11)9-12(18)16-8-10-3-2-6-22-10/h2-3,6,11H,4-5,7-9H2,1H3,(H,15,20)(H,16,18). The minimum atomic E-state index is -0.659. The Bertz CT molecular complexity index is 532. The maximum atomic E-state index is 12.0. The van der Waals surface area contributed by atoms with Crippen LogP contribution in [0.3, 0.4) is 0 Å². The number of carbonyl (C=O) groups is 3. The SMILES string of the molecule is COC(=O)CC1C(=O)NCCN1CC(=O)NCc1cccs1. The molecule has 1 aromatic rings. The Kier molecular flexibility index (Phi) is 5.91. The number of piperazine rings is 1. The van der Waals surface area contributed by atoms with Gasteiger partial charge in [0.25, 0.3) is 0 Å². The first kappa shape index (κ1) is 16.4. The fraction of sp³-hybridized carbons (Fsp3) is 0.500. The van der Waals surface area contributed by atoms with Gasteiger partial charge >= 0.3 is 5.97 Å². The molecule has 2 N–H and O–H groups in total. The van der Waals surface area contributed by atoms with Crippen molar-refractivity contribution in [2.45, 2.75) is 19.0 Å². The number of rotatable bonds is 6. The third kappa shape index (κ3) is 4.54. The summed E-state index contributed by atoms with van der Waals surface area (Å²) >= 11 is 1.57. The van der Waals surface area contributed by atoms with Gasteiger partial charge in [0.1, 0.15) is 6.04 Å². The molecule has 0 bridgehead atoms. The van der Waals surface area contributed by atoms with Gasteiger partial charge in [0.15, 0.2) is 0 Å². The Labute approximate surface area is 132 Å². The number of hydrogen-bond donors (Lipinski definition) is 2. The Balaban J connectivity index is 1.88. The lowest BCUT2D eigenvalue weighted by molar-refractivity contribution is -0.146. The number of hydrogen-bond acceptors (Lipinski definition) is 6. The van der Waals surface area contributed by atoms with Crippen molar-refractivity contribution in [2.75, 3.05) is 26.7 Å². The monoisotopic (exact) mass is 325 g/mol. The summed E-state index contributed by atoms with van der Waals surface area (Å²) in [6, 6.07) is 3.21. The Morgan fingerprint density at radius 3 is 3.05 bits per heavy atom. The fourth-order valence-corrected chi connectivity index (χ4v) is 2.90. The molecule has 0 spiro atoms. The average Bonchev–Trinajstić information content (AvgIpc) is 3.02. The first-order chi connectivity index (χ1) is 10.6. The molecule has 0 aromatic carbocycles. The van der Waals surface area contributed by atoms with Crippen LogP contribution in [0.2, 0.25) is 0 Å². The van der Waals surface area contributed by atoms with Crippen LogP contribution < -0.4 is 10.6 Å². The van der Waals surface area contributed by atoms with Gasteiger partial charge in [-0.1, -0.05) is 6.07 Å². The lowest BCUT2D eigenvalue weighted by atomic mass is 10.1. The molecule has 1 unspecified atom stereocenters. The van der Waals surface area contributed by atoms with Crippen molar-refractivity contribution in [1.29, 1.82) is 0 Å². The lowest BCUT2D eigenvalue weighted by Gasteiger charge is -2.33. The number of methoxy groups -OCH3 is 1. The van der Waals surface area contributed by atoms with Crippen molar-refractivity contribution in [3.63, 3.8) is 0 Å². The molecule has 2 amide bonds. The molecular weight excluding hydrogens is 306 g/mol. The quantitative estimate of drug-likeness (QED) is 0.703. The summed E-state index contributed by atoms with van der Waals surface area (Å²) in [6.07, 6.45) is -0.0550. The minimum absolute atomic E-state index is 0.0550. The van der Waals surface area contributed by atoms with Gasteiger partial charge in [-0.25, -0.2) is 0 Å². The van der Waals surface area contributed by atoms with Gasteiger partial charge in [-0.15, -0.1) is 11.3 Å². The van der Waals surface area contributed by atoms with E-state index in [1.165, 1.54) is 7.11 Å². The normalized spacial score (nSPS) is 18.6. The summed E-state index contributed by atoms with van der Waals surface area (Å²) < 4.78 is 4.61. The average molecular weight is 325 g/mol. The van der Waals surface area contributed by atoms with E-state index in [1.807, 2.05) is 17.5 Å². The zero-order valence-corrected chi connectivity index (χ0v) is 13.1. The van der Waals surface area contributed by atoms with Crippen molar-refractivity contribution in [3.05, 3.63) is 22.4 Å². The van der Waals surface area contributed by atoms with E-state index in [4.69, 9.17) is 0 Å². The molecule has 120 valence electrons. The molecule has 1 aliphatic heterocycles. The van der Waals surface area contributed by atoms with Gasteiger partial charge in [-0.3, -0.25) is 19.3 Å². The van der Waals surface area contributed by atoms with E-state index in [9.17, 15) is 14.4 Å². The second-order valence-corrected chi connectivity index (χ2v) is 5.95. The molecule has 7 nitrogen and oxygen atoms in total. The topological polar surface area (TPSA) is 87.7 Å². The molecule has 1 aromatic heterocycles. The third-order valence-corrected chi connectivity index (χ3v) is 4.29. The third-order valence-electron chi connectivity index (χ3n) is 3.42. The Morgan fingerprint density at radius 2 is 2.36 bits per heavy atom. The highest BCUT2D eigenvalue weighted by Gasteiger charge is 2.32. The number of nitrogens with one attached hydrogen (secondary N) is 2. The highest BCUT2D eigenvalue weighted by atomic mass is 32.1. The van der Waals surface area contributed by atoms with Crippen LogP contribution in [0.5, 0.6) is 0 Å². The molecule has 8 heteroatoms. The fourth-order valence-electron chi connectivity index (χ4n) is 2.25. The van der Waals surface area contributed by atoms with E-state index in [-0.39, 0.29) is 24.8 Å². The minimum Gasteiger partial charge on any atom is -0.469 e. The van der Waals surface area contributed by atoms with Crippen LogP contribution in [0.1, 0.15) is 11.3 Å². The van der Waals surface area contributed by atoms with Gasteiger partial charge < -0.3 is 15.4 Å². The molecule has 0 radical (unpaired) electrons. The summed E-state index contributed by atoms with van der Waals surface area (Å²) in [5.74, 6) is -0.883. The van der Waals surface area contributed by atoms with Crippen LogP contribution in [-0.2, 0) is 25.7 Å². The van der Waals surface area contributed by atoms with E-state index in [1.54, 1.807) is 16.2 Å². The van der Waals surface area contributed by atoms with E-state index < -0.39 is 12.0 Å². The smallest absolute Gasteiger partial charge is 0.307 e. The molecule has 1 saturated heterocycles. The van der Waals surface area contributed by atoms with Crippen LogP contribution in [0.4, 0.5) is 0 Å². The number of ether oxygens (including phenoxy) is 1. The molecule has 2 heterocycles. The molecular formula is C14H19N3O4S. The number of esters is 1. The first-order valence-corrected chi connectivity index (χ1v) is 7.85. The highest BCUT2D eigenvalue weighted by molar-refractivity contribution is 7.09. The van der Waals surface area contributed by atoms with Gasteiger partial charge in [-0.2, -0.15) is 0 Å². The molecule has 1 atom stereocenters. The Hall–Kier alpha value is -1.93. The van der Waals surface area contributed by atoms with Crippen LogP contribution in [0.25, 0.3) is 0 Å². The molecule has 2 rings (SSSR count). The van der Waals surface area contributed by atoms with Crippen LogP contribution >= 0.6 is 11.3 Å². The zero-order chi connectivity index (χ0) is 15.9. The summed E-state index contributed by atoms with van der Waals surface area (Å²) in [5.41, 5.74) is 0. The molecule has 1 aliphatic rings. The van der Waals surface area contributed by atoms with Crippen molar-refractivity contribution < 1.29 is 19.1 Å². The second-order valence-electron chi connectivity index (χ2n) is 4.91. The predicted molar refractivity (Wildman–Crippen MR) is 81.2 cm³/mol. The van der Waals surface area contributed by atoms with E-state index in [0.29, 0.717) is 19.6 Å². The number of thiophene rings is 1. The van der Waals surface area contributed by atoms with Crippen LogP contribution in [-0.4, -0.2) is 55.5 Å². The second kappa shape index (κ2) is 7.90. The van der Waals surface area contributed by atoms with Crippen LogP contribution in [0, 0.1) is 0 Å². The number of carbonyl (C=O) groups excluding carboxylic acids is 3. The van der Waals surface area contributed by atoms with E-state index in [2.05, 4.69) is 15.4 Å². The summed E-state index contributed by atoms with van der Waals surface area (Å²) in [5, 5.41) is 7.46. The van der Waals surface area contributed by atoms with Gasteiger partial charge in [-0.05, 0) is 11.4 Å². The molecule has 0 saturated carbocycles. The van der Waals surface area contributed by atoms with Gasteiger partial charge in [0.2, 0.25) is 11.8 Å². The lowest BCUT2D eigenvalue weighted by Crippen LogP contribution is -2.57. The van der Waals surface area contributed by atoms with Crippen molar-refractivity contribution >= 4 is 29.1 Å². The first-order valence-electron chi connectivity index (χ1n) is 6.98. The maximum absolute atomic E-state index is 12.0.